The number of thiocarbonyl (C=S) groups is 1. The minimum absolute atomic E-state index is 0.242. The summed E-state index contributed by atoms with van der Waals surface area (Å²) in [5.41, 5.74) is 0.718. The molecule has 0 bridgehead atoms. The number of benzene rings is 1. The van der Waals surface area contributed by atoms with E-state index in [1.165, 1.54) is 7.11 Å². The number of carboxylic acids is 1. The fraction of sp³-hybridized carbons (Fsp3) is 0.200. The molecule has 2 amide bonds. The van der Waals surface area contributed by atoms with E-state index in [-0.39, 0.29) is 10.9 Å². The van der Waals surface area contributed by atoms with Crippen LogP contribution in [0.4, 0.5) is 0 Å². The third kappa shape index (κ3) is 4.33. The number of rotatable bonds is 6. The summed E-state index contributed by atoms with van der Waals surface area (Å²) in [6.45, 7) is -0.827. The third-order valence-corrected chi connectivity index (χ3v) is 4.42. The van der Waals surface area contributed by atoms with Gasteiger partial charge < -0.3 is 15.2 Å². The molecular formula is C15H14N2O5S2. The summed E-state index contributed by atoms with van der Waals surface area (Å²) in [6.07, 6.45) is 1.65. The fourth-order valence-corrected chi connectivity index (χ4v) is 3.18. The highest BCUT2D eigenvalue weighted by atomic mass is 32.2. The Labute approximate surface area is 147 Å². The molecule has 1 aliphatic heterocycles. The maximum absolute atomic E-state index is 12.4. The molecule has 2 rings (SSSR count). The summed E-state index contributed by atoms with van der Waals surface area (Å²) in [5, 5.41) is 10.7. The lowest BCUT2D eigenvalue weighted by Gasteiger charge is -2.13. The number of methoxy groups -OCH3 is 1. The van der Waals surface area contributed by atoms with Gasteiger partial charge in [-0.25, -0.2) is 0 Å². The number of hydrogen-bond acceptors (Lipinski definition) is 6. The van der Waals surface area contributed by atoms with Crippen molar-refractivity contribution in [3.63, 3.8) is 0 Å². The monoisotopic (exact) mass is 366 g/mol. The van der Waals surface area contributed by atoms with E-state index in [1.54, 1.807) is 18.2 Å². The molecule has 1 fully saturated rings. The molecule has 1 heterocycles. The number of nitrogens with zero attached hydrogens (tertiary/aromatic N) is 1. The van der Waals surface area contributed by atoms with Gasteiger partial charge in [0, 0.05) is 5.56 Å². The van der Waals surface area contributed by atoms with Gasteiger partial charge >= 0.3 is 5.97 Å². The number of carbonyl (C=O) groups excluding carboxylic acids is 2. The third-order valence-electron chi connectivity index (χ3n) is 3.04. The van der Waals surface area contributed by atoms with Crippen molar-refractivity contribution in [2.24, 2.45) is 0 Å². The highest BCUT2D eigenvalue weighted by molar-refractivity contribution is 8.26. The van der Waals surface area contributed by atoms with Gasteiger partial charge in [0.1, 0.15) is 23.2 Å². The van der Waals surface area contributed by atoms with E-state index in [1.807, 2.05) is 12.1 Å². The van der Waals surface area contributed by atoms with Crippen molar-refractivity contribution in [3.8, 4) is 5.75 Å². The summed E-state index contributed by atoms with van der Waals surface area (Å²) in [5.74, 6) is -1.54. The van der Waals surface area contributed by atoms with Crippen LogP contribution < -0.4 is 10.1 Å². The second kappa shape index (κ2) is 7.93. The summed E-state index contributed by atoms with van der Waals surface area (Å²) < 4.78 is 5.47. The lowest BCUT2D eigenvalue weighted by molar-refractivity contribution is -0.138. The highest BCUT2D eigenvalue weighted by Gasteiger charge is 2.33. The van der Waals surface area contributed by atoms with Gasteiger partial charge in [0.2, 0.25) is 5.91 Å². The Kier molecular flexibility index (Phi) is 5.93. The molecule has 126 valence electrons. The van der Waals surface area contributed by atoms with Crippen molar-refractivity contribution < 1.29 is 24.2 Å². The molecule has 0 spiro atoms. The fourth-order valence-electron chi connectivity index (χ4n) is 1.94. The number of thioether (sulfide) groups is 1. The topological polar surface area (TPSA) is 95.9 Å². The first-order valence-electron chi connectivity index (χ1n) is 6.79. The lowest BCUT2D eigenvalue weighted by Crippen LogP contribution is -2.41. The summed E-state index contributed by atoms with van der Waals surface area (Å²) in [6, 6.07) is 7.19. The maximum atomic E-state index is 12.4. The zero-order chi connectivity index (χ0) is 17.7. The van der Waals surface area contributed by atoms with Crippen LogP contribution >= 0.6 is 24.0 Å². The predicted molar refractivity (Wildman–Crippen MR) is 93.5 cm³/mol. The largest absolute Gasteiger partial charge is 0.496 e. The maximum Gasteiger partial charge on any atom is 0.322 e. The molecule has 1 aromatic rings. The summed E-state index contributed by atoms with van der Waals surface area (Å²) in [4.78, 5) is 36.0. The Morgan fingerprint density at radius 2 is 2.12 bits per heavy atom. The smallest absolute Gasteiger partial charge is 0.322 e. The molecule has 7 nitrogen and oxygen atoms in total. The van der Waals surface area contributed by atoms with Crippen LogP contribution in [0.1, 0.15) is 5.56 Å². The van der Waals surface area contributed by atoms with E-state index < -0.39 is 24.3 Å². The first kappa shape index (κ1) is 18.0. The second-order valence-electron chi connectivity index (χ2n) is 4.68. The summed E-state index contributed by atoms with van der Waals surface area (Å²) in [7, 11) is 1.53. The van der Waals surface area contributed by atoms with E-state index in [0.29, 0.717) is 10.7 Å². The molecule has 1 aromatic carbocycles. The van der Waals surface area contributed by atoms with Crippen LogP contribution in [0.2, 0.25) is 0 Å². The van der Waals surface area contributed by atoms with Gasteiger partial charge in [-0.3, -0.25) is 19.3 Å². The number of nitrogens with one attached hydrogen (secondary N) is 1. The molecule has 0 atom stereocenters. The van der Waals surface area contributed by atoms with Crippen molar-refractivity contribution >= 4 is 52.2 Å². The normalized spacial score (nSPS) is 15.7. The van der Waals surface area contributed by atoms with Gasteiger partial charge in [0.15, 0.2) is 0 Å². The number of carboxylic acid groups (broad SMARTS) is 1. The van der Waals surface area contributed by atoms with Crippen LogP contribution in [-0.2, 0) is 14.4 Å². The number of amides is 2. The number of carbonyl (C=O) groups is 3. The molecule has 0 aliphatic carbocycles. The molecule has 2 N–H and O–H groups in total. The average Bonchev–Trinajstić information content (AvgIpc) is 2.81. The minimum Gasteiger partial charge on any atom is -0.496 e. The van der Waals surface area contributed by atoms with Gasteiger partial charge in [0.05, 0.1) is 12.0 Å². The molecule has 0 saturated carbocycles. The zero-order valence-corrected chi connectivity index (χ0v) is 14.3. The van der Waals surface area contributed by atoms with Gasteiger partial charge in [0.25, 0.3) is 5.91 Å². The Morgan fingerprint density at radius 1 is 1.42 bits per heavy atom. The van der Waals surface area contributed by atoms with Crippen molar-refractivity contribution in [2.75, 3.05) is 20.2 Å². The van der Waals surface area contributed by atoms with Crippen molar-refractivity contribution in [1.82, 2.24) is 10.2 Å². The molecule has 24 heavy (non-hydrogen) atoms. The van der Waals surface area contributed by atoms with Crippen LogP contribution in [0.5, 0.6) is 5.75 Å². The van der Waals surface area contributed by atoms with Gasteiger partial charge in [-0.15, -0.1) is 0 Å². The van der Waals surface area contributed by atoms with E-state index >= 15 is 0 Å². The SMILES string of the molecule is COc1ccccc1/C=C1\SC(=S)N(CC(=O)NCC(=O)O)C1=O. The van der Waals surface area contributed by atoms with E-state index in [2.05, 4.69) is 5.32 Å². The molecule has 9 heteroatoms. The Bertz CT molecular complexity index is 732. The quantitative estimate of drug-likeness (QED) is 0.575. The van der Waals surface area contributed by atoms with Gasteiger partial charge in [-0.1, -0.05) is 42.2 Å². The second-order valence-corrected chi connectivity index (χ2v) is 6.36. The first-order valence-corrected chi connectivity index (χ1v) is 8.01. The molecule has 1 saturated heterocycles. The highest BCUT2D eigenvalue weighted by Crippen LogP contribution is 2.33. The van der Waals surface area contributed by atoms with Crippen molar-refractivity contribution in [1.29, 1.82) is 0 Å². The summed E-state index contributed by atoms with van der Waals surface area (Å²) >= 11 is 6.21. The standard InChI is InChI=1S/C15H14N2O5S2/c1-22-10-5-3-2-4-9(10)6-11-14(21)17(15(23)24-11)8-12(18)16-7-13(19)20/h2-6H,7-8H2,1H3,(H,16,18)(H,19,20)/b11-6-. The van der Waals surface area contributed by atoms with Crippen LogP contribution in [0.3, 0.4) is 0 Å². The number of hydrogen-bond donors (Lipinski definition) is 2. The molecule has 0 radical (unpaired) electrons. The molecular weight excluding hydrogens is 352 g/mol. The average molecular weight is 366 g/mol. The van der Waals surface area contributed by atoms with Crippen LogP contribution in [0, 0.1) is 0 Å². The Hall–Kier alpha value is -2.39. The van der Waals surface area contributed by atoms with Crippen LogP contribution in [-0.4, -0.2) is 52.3 Å². The molecule has 1 aliphatic rings. The van der Waals surface area contributed by atoms with E-state index in [0.717, 1.165) is 22.2 Å². The Balaban J connectivity index is 2.12. The van der Waals surface area contributed by atoms with Gasteiger partial charge in [-0.2, -0.15) is 0 Å². The lowest BCUT2D eigenvalue weighted by atomic mass is 10.2. The van der Waals surface area contributed by atoms with Crippen molar-refractivity contribution in [2.45, 2.75) is 0 Å². The Morgan fingerprint density at radius 3 is 2.79 bits per heavy atom. The first-order chi connectivity index (χ1) is 11.4. The van der Waals surface area contributed by atoms with Gasteiger partial charge in [-0.05, 0) is 12.1 Å². The minimum atomic E-state index is -1.16. The molecule has 0 unspecified atom stereocenters. The van der Waals surface area contributed by atoms with Crippen molar-refractivity contribution in [3.05, 3.63) is 34.7 Å². The van der Waals surface area contributed by atoms with Crippen LogP contribution in [0.25, 0.3) is 6.08 Å². The number of aliphatic carboxylic acids is 1. The van der Waals surface area contributed by atoms with Crippen LogP contribution in [0.15, 0.2) is 29.2 Å². The van der Waals surface area contributed by atoms with E-state index in [4.69, 9.17) is 22.1 Å². The van der Waals surface area contributed by atoms with E-state index in [9.17, 15) is 14.4 Å². The molecule has 0 aromatic heterocycles. The zero-order valence-electron chi connectivity index (χ0n) is 12.6. The number of para-hydroxylation sites is 1. The number of ether oxygens (including phenoxy) is 1. The predicted octanol–water partition coefficient (Wildman–Crippen LogP) is 1.10.